The third-order valence-corrected chi connectivity index (χ3v) is 5.74. The van der Waals surface area contributed by atoms with Gasteiger partial charge in [-0.15, -0.1) is 0 Å². The van der Waals surface area contributed by atoms with Crippen LogP contribution in [0.25, 0.3) is 0 Å². The van der Waals surface area contributed by atoms with Crippen molar-refractivity contribution in [3.8, 4) is 5.75 Å². The smallest absolute Gasteiger partial charge is 0.227 e. The summed E-state index contributed by atoms with van der Waals surface area (Å²) in [6.07, 6.45) is 7.92. The molecule has 0 spiro atoms. The molecule has 1 aromatic carbocycles. The van der Waals surface area contributed by atoms with Gasteiger partial charge in [0.2, 0.25) is 11.8 Å². The number of ether oxygens (including phenoxy) is 1. The van der Waals surface area contributed by atoms with Crippen molar-refractivity contribution < 1.29 is 14.3 Å². The van der Waals surface area contributed by atoms with Crippen LogP contribution in [0, 0.1) is 17.8 Å². The Kier molecular flexibility index (Phi) is 6.54. The van der Waals surface area contributed by atoms with E-state index >= 15 is 0 Å². The highest BCUT2D eigenvalue weighted by Gasteiger charge is 2.44. The molecule has 5 nitrogen and oxygen atoms in total. The van der Waals surface area contributed by atoms with Crippen molar-refractivity contribution in [2.45, 2.75) is 39.2 Å². The molecule has 0 saturated carbocycles. The van der Waals surface area contributed by atoms with Crippen molar-refractivity contribution in [3.05, 3.63) is 42.0 Å². The average molecular weight is 370 g/mol. The SMILES string of the molecule is CCCCN1CC[C@H]2C=CC[C@@H](C(=O)NCc3ccc(OC)cc3)[C@H]2C1=O. The molecule has 0 aromatic heterocycles. The summed E-state index contributed by atoms with van der Waals surface area (Å²) in [7, 11) is 1.63. The van der Waals surface area contributed by atoms with Crippen LogP contribution in [0.15, 0.2) is 36.4 Å². The first-order valence-electron chi connectivity index (χ1n) is 10.00. The number of hydrogen-bond donors (Lipinski definition) is 1. The van der Waals surface area contributed by atoms with E-state index in [0.29, 0.717) is 13.0 Å². The van der Waals surface area contributed by atoms with Crippen molar-refractivity contribution in [1.82, 2.24) is 10.2 Å². The molecule has 0 bridgehead atoms. The van der Waals surface area contributed by atoms with Crippen LogP contribution < -0.4 is 10.1 Å². The Morgan fingerprint density at radius 3 is 2.78 bits per heavy atom. The van der Waals surface area contributed by atoms with Crippen molar-refractivity contribution in [1.29, 1.82) is 0 Å². The number of nitrogens with one attached hydrogen (secondary N) is 1. The van der Waals surface area contributed by atoms with E-state index in [1.165, 1.54) is 0 Å². The number of allylic oxidation sites excluding steroid dienone is 2. The van der Waals surface area contributed by atoms with Gasteiger partial charge in [-0.05, 0) is 42.9 Å². The summed E-state index contributed by atoms with van der Waals surface area (Å²) in [4.78, 5) is 27.9. The van der Waals surface area contributed by atoms with Crippen LogP contribution >= 0.6 is 0 Å². The molecule has 1 aliphatic heterocycles. The zero-order valence-electron chi connectivity index (χ0n) is 16.3. The third-order valence-electron chi connectivity index (χ3n) is 5.74. The number of methoxy groups -OCH3 is 1. The molecule has 0 radical (unpaired) electrons. The van der Waals surface area contributed by atoms with Crippen molar-refractivity contribution in [2.75, 3.05) is 20.2 Å². The van der Waals surface area contributed by atoms with E-state index in [0.717, 1.165) is 43.7 Å². The first kappa shape index (κ1) is 19.5. The van der Waals surface area contributed by atoms with Gasteiger partial charge >= 0.3 is 0 Å². The second kappa shape index (κ2) is 9.07. The van der Waals surface area contributed by atoms with Gasteiger partial charge in [0.25, 0.3) is 0 Å². The molecular weight excluding hydrogens is 340 g/mol. The largest absolute Gasteiger partial charge is 0.497 e. The Hall–Kier alpha value is -2.30. The van der Waals surface area contributed by atoms with Crippen LogP contribution in [0.2, 0.25) is 0 Å². The molecule has 0 unspecified atom stereocenters. The maximum atomic E-state index is 13.0. The van der Waals surface area contributed by atoms with E-state index in [4.69, 9.17) is 4.74 Å². The number of hydrogen-bond acceptors (Lipinski definition) is 3. The Morgan fingerprint density at radius 2 is 2.07 bits per heavy atom. The number of carbonyl (C=O) groups is 2. The fourth-order valence-corrected chi connectivity index (χ4v) is 4.13. The lowest BCUT2D eigenvalue weighted by molar-refractivity contribution is -0.147. The fourth-order valence-electron chi connectivity index (χ4n) is 4.13. The Labute approximate surface area is 161 Å². The zero-order chi connectivity index (χ0) is 19.2. The fraction of sp³-hybridized carbons (Fsp3) is 0.545. The first-order chi connectivity index (χ1) is 13.1. The summed E-state index contributed by atoms with van der Waals surface area (Å²) in [5.74, 6) is 0.655. The molecule has 1 fully saturated rings. The molecule has 2 amide bonds. The molecule has 1 saturated heterocycles. The van der Waals surface area contributed by atoms with E-state index in [9.17, 15) is 9.59 Å². The maximum absolute atomic E-state index is 13.0. The van der Waals surface area contributed by atoms with Crippen molar-refractivity contribution in [2.24, 2.45) is 17.8 Å². The highest BCUT2D eigenvalue weighted by Crippen LogP contribution is 2.37. The number of unbranched alkanes of at least 4 members (excludes halogenated alkanes) is 1. The van der Waals surface area contributed by atoms with Crippen LogP contribution in [-0.2, 0) is 16.1 Å². The van der Waals surface area contributed by atoms with E-state index in [-0.39, 0.29) is 29.6 Å². The summed E-state index contributed by atoms with van der Waals surface area (Å²) in [6, 6.07) is 7.66. The van der Waals surface area contributed by atoms with Crippen LogP contribution in [0.5, 0.6) is 5.75 Å². The highest BCUT2D eigenvalue weighted by atomic mass is 16.5. The Balaban J connectivity index is 1.64. The second-order valence-corrected chi connectivity index (χ2v) is 7.49. The molecule has 5 heteroatoms. The molecule has 3 atom stereocenters. The minimum atomic E-state index is -0.268. The minimum absolute atomic E-state index is 0.0177. The van der Waals surface area contributed by atoms with Crippen molar-refractivity contribution >= 4 is 11.8 Å². The summed E-state index contributed by atoms with van der Waals surface area (Å²) in [5, 5.41) is 3.03. The second-order valence-electron chi connectivity index (χ2n) is 7.49. The summed E-state index contributed by atoms with van der Waals surface area (Å²) in [6.45, 7) is 4.22. The molecular formula is C22H30N2O3. The number of carbonyl (C=O) groups excluding carboxylic acids is 2. The number of rotatable bonds is 7. The van der Waals surface area contributed by atoms with E-state index in [1.807, 2.05) is 29.2 Å². The number of benzene rings is 1. The van der Waals surface area contributed by atoms with Gasteiger partial charge in [0.1, 0.15) is 5.75 Å². The number of likely N-dealkylation sites (tertiary alicyclic amines) is 1. The lowest BCUT2D eigenvalue weighted by Gasteiger charge is -2.41. The summed E-state index contributed by atoms with van der Waals surface area (Å²) < 4.78 is 5.16. The van der Waals surface area contributed by atoms with E-state index in [1.54, 1.807) is 7.11 Å². The zero-order valence-corrected chi connectivity index (χ0v) is 16.3. The molecule has 27 heavy (non-hydrogen) atoms. The van der Waals surface area contributed by atoms with Gasteiger partial charge in [0, 0.05) is 19.6 Å². The average Bonchev–Trinajstić information content (AvgIpc) is 2.71. The third kappa shape index (κ3) is 4.52. The van der Waals surface area contributed by atoms with Crippen LogP contribution in [0.4, 0.5) is 0 Å². The molecule has 2 aliphatic rings. The van der Waals surface area contributed by atoms with Crippen LogP contribution in [-0.4, -0.2) is 36.9 Å². The lowest BCUT2D eigenvalue weighted by atomic mass is 9.71. The van der Waals surface area contributed by atoms with E-state index in [2.05, 4.69) is 24.4 Å². The highest BCUT2D eigenvalue weighted by molar-refractivity contribution is 5.89. The molecule has 1 aliphatic carbocycles. The van der Waals surface area contributed by atoms with Crippen LogP contribution in [0.3, 0.4) is 0 Å². The molecule has 146 valence electrons. The van der Waals surface area contributed by atoms with Gasteiger partial charge in [-0.25, -0.2) is 0 Å². The van der Waals surface area contributed by atoms with Gasteiger partial charge in [-0.2, -0.15) is 0 Å². The van der Waals surface area contributed by atoms with Gasteiger partial charge in [-0.3, -0.25) is 9.59 Å². The van der Waals surface area contributed by atoms with Crippen molar-refractivity contribution in [3.63, 3.8) is 0 Å². The van der Waals surface area contributed by atoms with Gasteiger partial charge < -0.3 is 15.0 Å². The number of fused-ring (bicyclic) bond motifs is 1. The predicted molar refractivity (Wildman–Crippen MR) is 105 cm³/mol. The maximum Gasteiger partial charge on any atom is 0.227 e. The van der Waals surface area contributed by atoms with E-state index < -0.39 is 0 Å². The molecule has 1 N–H and O–H groups in total. The first-order valence-corrected chi connectivity index (χ1v) is 10.00. The van der Waals surface area contributed by atoms with Gasteiger partial charge in [0.05, 0.1) is 18.9 Å². The van der Waals surface area contributed by atoms with Gasteiger partial charge in [0.15, 0.2) is 0 Å². The monoisotopic (exact) mass is 370 g/mol. The molecule has 1 aromatic rings. The number of nitrogens with zero attached hydrogens (tertiary/aromatic N) is 1. The lowest BCUT2D eigenvalue weighted by Crippen LogP contribution is -2.52. The Morgan fingerprint density at radius 1 is 1.30 bits per heavy atom. The molecule has 3 rings (SSSR count). The Bertz CT molecular complexity index is 683. The molecule has 1 heterocycles. The topological polar surface area (TPSA) is 58.6 Å². The number of piperidine rings is 1. The van der Waals surface area contributed by atoms with Crippen LogP contribution in [0.1, 0.15) is 38.2 Å². The minimum Gasteiger partial charge on any atom is -0.497 e. The summed E-state index contributed by atoms with van der Waals surface area (Å²) >= 11 is 0. The van der Waals surface area contributed by atoms with Gasteiger partial charge in [-0.1, -0.05) is 37.6 Å². The predicted octanol–water partition coefficient (Wildman–Crippen LogP) is 3.15. The summed E-state index contributed by atoms with van der Waals surface area (Å²) in [5.41, 5.74) is 1.02. The number of amides is 2. The quantitative estimate of drug-likeness (QED) is 0.750. The normalized spacial score (nSPS) is 24.4. The standard InChI is InChI=1S/C22H30N2O3/c1-3-4-13-24-14-12-17-6-5-7-19(20(17)22(24)26)21(25)23-15-16-8-10-18(27-2)11-9-16/h5-6,8-11,17,19-20H,3-4,7,12-15H2,1-2H3,(H,23,25)/t17-,19-,20+/m1/s1.